The standard InChI is InChI=1S/C7H19NO2Si/c1-7(4-5-8)6-11(9-2)10-3/h7,11H,4-6,8H2,1-3H3. The molecule has 0 saturated heterocycles. The largest absolute Gasteiger partial charge is 0.400 e. The van der Waals surface area contributed by atoms with Crippen LogP contribution >= 0.6 is 0 Å². The molecule has 1 atom stereocenters. The summed E-state index contributed by atoms with van der Waals surface area (Å²) in [5.41, 5.74) is 5.42. The molecule has 4 heteroatoms. The quantitative estimate of drug-likeness (QED) is 0.600. The predicted molar refractivity (Wildman–Crippen MR) is 48.8 cm³/mol. The second-order valence-electron chi connectivity index (χ2n) is 2.82. The average Bonchev–Trinajstić information content (AvgIpc) is 2.01. The van der Waals surface area contributed by atoms with Gasteiger partial charge in [-0.1, -0.05) is 6.92 Å². The molecule has 2 N–H and O–H groups in total. The molecule has 0 aliphatic carbocycles. The first-order valence-corrected chi connectivity index (χ1v) is 5.76. The average molecular weight is 177 g/mol. The molecular formula is C7H19NO2Si. The van der Waals surface area contributed by atoms with Crippen molar-refractivity contribution in [2.75, 3.05) is 20.8 Å². The highest BCUT2D eigenvalue weighted by molar-refractivity contribution is 6.44. The van der Waals surface area contributed by atoms with E-state index >= 15 is 0 Å². The zero-order valence-corrected chi connectivity index (χ0v) is 8.82. The summed E-state index contributed by atoms with van der Waals surface area (Å²) < 4.78 is 10.4. The van der Waals surface area contributed by atoms with E-state index in [2.05, 4.69) is 6.92 Å². The Hall–Kier alpha value is 0.0969. The number of hydrogen-bond acceptors (Lipinski definition) is 3. The molecule has 0 aromatic rings. The van der Waals surface area contributed by atoms with Gasteiger partial charge in [0.25, 0.3) is 0 Å². The van der Waals surface area contributed by atoms with Crippen molar-refractivity contribution in [3.63, 3.8) is 0 Å². The fourth-order valence-corrected chi connectivity index (χ4v) is 2.49. The molecule has 0 bridgehead atoms. The van der Waals surface area contributed by atoms with E-state index in [1.54, 1.807) is 14.2 Å². The van der Waals surface area contributed by atoms with E-state index in [0.717, 1.165) is 19.0 Å². The van der Waals surface area contributed by atoms with Gasteiger partial charge in [-0.3, -0.25) is 0 Å². The Kier molecular flexibility index (Phi) is 6.85. The Labute approximate surface area is 70.7 Å². The van der Waals surface area contributed by atoms with Crippen molar-refractivity contribution in [2.24, 2.45) is 11.7 Å². The van der Waals surface area contributed by atoms with Gasteiger partial charge in [-0.15, -0.1) is 0 Å². The van der Waals surface area contributed by atoms with Crippen LogP contribution in [-0.2, 0) is 8.85 Å². The predicted octanol–water partition coefficient (Wildman–Crippen LogP) is 0.485. The topological polar surface area (TPSA) is 44.5 Å². The molecule has 68 valence electrons. The monoisotopic (exact) mass is 177 g/mol. The summed E-state index contributed by atoms with van der Waals surface area (Å²) in [6.07, 6.45) is 1.07. The van der Waals surface area contributed by atoms with E-state index in [1.807, 2.05) is 0 Å². The molecule has 0 aromatic carbocycles. The molecule has 0 aliphatic rings. The maximum Gasteiger partial charge on any atom is 0.321 e. The molecule has 0 spiro atoms. The number of nitrogens with two attached hydrogens (primary N) is 1. The maximum atomic E-state index is 5.42. The van der Waals surface area contributed by atoms with Gasteiger partial charge in [0.1, 0.15) is 0 Å². The van der Waals surface area contributed by atoms with Crippen molar-refractivity contribution in [2.45, 2.75) is 19.4 Å². The summed E-state index contributed by atoms with van der Waals surface area (Å²) >= 11 is 0. The summed E-state index contributed by atoms with van der Waals surface area (Å²) in [6, 6.07) is 1.06. The summed E-state index contributed by atoms with van der Waals surface area (Å²) in [4.78, 5) is 0. The smallest absolute Gasteiger partial charge is 0.321 e. The second-order valence-corrected chi connectivity index (χ2v) is 5.09. The van der Waals surface area contributed by atoms with Crippen LogP contribution in [0.5, 0.6) is 0 Å². The molecular weight excluding hydrogens is 158 g/mol. The van der Waals surface area contributed by atoms with Gasteiger partial charge >= 0.3 is 9.28 Å². The Bertz CT molecular complexity index is 88.5. The van der Waals surface area contributed by atoms with E-state index in [-0.39, 0.29) is 0 Å². The summed E-state index contributed by atoms with van der Waals surface area (Å²) in [6.45, 7) is 2.95. The normalized spacial score (nSPS) is 13.9. The van der Waals surface area contributed by atoms with E-state index in [4.69, 9.17) is 14.6 Å². The van der Waals surface area contributed by atoms with Crippen LogP contribution in [0.25, 0.3) is 0 Å². The molecule has 0 rings (SSSR count). The zero-order valence-electron chi connectivity index (χ0n) is 7.67. The van der Waals surface area contributed by atoms with Gasteiger partial charge in [0.15, 0.2) is 0 Å². The minimum absolute atomic E-state index is 0.636. The highest BCUT2D eigenvalue weighted by Gasteiger charge is 2.13. The molecule has 11 heavy (non-hydrogen) atoms. The Morgan fingerprint density at radius 2 is 1.91 bits per heavy atom. The first-order chi connectivity index (χ1) is 5.24. The van der Waals surface area contributed by atoms with Crippen LogP contribution in [0, 0.1) is 5.92 Å². The van der Waals surface area contributed by atoms with Crippen molar-refractivity contribution in [3.8, 4) is 0 Å². The third kappa shape index (κ3) is 5.38. The lowest BCUT2D eigenvalue weighted by molar-refractivity contribution is 0.270. The number of hydrogen-bond donors (Lipinski definition) is 1. The molecule has 3 nitrogen and oxygen atoms in total. The van der Waals surface area contributed by atoms with Gasteiger partial charge in [-0.25, -0.2) is 0 Å². The Balaban J connectivity index is 3.44. The van der Waals surface area contributed by atoms with Crippen LogP contribution < -0.4 is 5.73 Å². The molecule has 0 aliphatic heterocycles. The summed E-state index contributed by atoms with van der Waals surface area (Å²) in [7, 11) is 2.10. The molecule has 0 aromatic heterocycles. The molecule has 0 heterocycles. The molecule has 0 radical (unpaired) electrons. The van der Waals surface area contributed by atoms with Gasteiger partial charge in [-0.05, 0) is 24.9 Å². The third-order valence-corrected chi connectivity index (χ3v) is 4.02. The van der Waals surface area contributed by atoms with Crippen LogP contribution in [0.1, 0.15) is 13.3 Å². The molecule has 0 amide bonds. The highest BCUT2D eigenvalue weighted by Crippen LogP contribution is 2.10. The molecule has 0 fully saturated rings. The van der Waals surface area contributed by atoms with Crippen LogP contribution in [0.15, 0.2) is 0 Å². The second kappa shape index (κ2) is 6.79. The summed E-state index contributed by atoms with van der Waals surface area (Å²) in [5, 5.41) is 0. The first-order valence-electron chi connectivity index (χ1n) is 4.00. The molecule has 1 unspecified atom stereocenters. The Morgan fingerprint density at radius 1 is 1.36 bits per heavy atom. The fourth-order valence-electron chi connectivity index (χ4n) is 1.02. The Morgan fingerprint density at radius 3 is 2.27 bits per heavy atom. The zero-order chi connectivity index (χ0) is 8.69. The van der Waals surface area contributed by atoms with Crippen LogP contribution in [0.3, 0.4) is 0 Å². The van der Waals surface area contributed by atoms with E-state index in [9.17, 15) is 0 Å². The fraction of sp³-hybridized carbons (Fsp3) is 1.00. The van der Waals surface area contributed by atoms with Crippen molar-refractivity contribution in [1.29, 1.82) is 0 Å². The minimum Gasteiger partial charge on any atom is -0.400 e. The van der Waals surface area contributed by atoms with Gasteiger partial charge in [0, 0.05) is 14.2 Å². The highest BCUT2D eigenvalue weighted by atomic mass is 28.3. The number of rotatable bonds is 6. The lowest BCUT2D eigenvalue weighted by Crippen LogP contribution is -2.22. The van der Waals surface area contributed by atoms with Crippen LogP contribution in [-0.4, -0.2) is 30.0 Å². The first kappa shape index (κ1) is 11.1. The van der Waals surface area contributed by atoms with Crippen molar-refractivity contribution in [1.82, 2.24) is 0 Å². The van der Waals surface area contributed by atoms with E-state index in [0.29, 0.717) is 5.92 Å². The van der Waals surface area contributed by atoms with Crippen molar-refractivity contribution in [3.05, 3.63) is 0 Å². The van der Waals surface area contributed by atoms with Gasteiger partial charge < -0.3 is 14.6 Å². The lowest BCUT2D eigenvalue weighted by Gasteiger charge is -2.15. The van der Waals surface area contributed by atoms with E-state index in [1.165, 1.54) is 0 Å². The van der Waals surface area contributed by atoms with Crippen molar-refractivity contribution < 1.29 is 8.85 Å². The van der Waals surface area contributed by atoms with Gasteiger partial charge in [-0.2, -0.15) is 0 Å². The molecule has 0 saturated carbocycles. The van der Waals surface area contributed by atoms with Crippen molar-refractivity contribution >= 4 is 9.28 Å². The van der Waals surface area contributed by atoms with E-state index < -0.39 is 9.28 Å². The van der Waals surface area contributed by atoms with Gasteiger partial charge in [0.05, 0.1) is 0 Å². The van der Waals surface area contributed by atoms with Crippen LogP contribution in [0.4, 0.5) is 0 Å². The minimum atomic E-state index is -1.34. The maximum absolute atomic E-state index is 5.42. The third-order valence-electron chi connectivity index (χ3n) is 1.78. The SMILES string of the molecule is CO[SiH](CC(C)CCN)OC. The summed E-state index contributed by atoms with van der Waals surface area (Å²) in [5.74, 6) is 0.636. The van der Waals surface area contributed by atoms with Gasteiger partial charge in [0.2, 0.25) is 0 Å². The van der Waals surface area contributed by atoms with Crippen LogP contribution in [0.2, 0.25) is 6.04 Å². The lowest BCUT2D eigenvalue weighted by atomic mass is 10.1.